The van der Waals surface area contributed by atoms with Gasteiger partial charge < -0.3 is 4.90 Å². The lowest BCUT2D eigenvalue weighted by Gasteiger charge is -2.23. The molecule has 1 aliphatic rings. The van der Waals surface area contributed by atoms with E-state index in [2.05, 4.69) is 4.98 Å². The molecule has 108 valence electrons. The summed E-state index contributed by atoms with van der Waals surface area (Å²) in [6.45, 7) is 2.18. The van der Waals surface area contributed by atoms with Crippen LogP contribution in [0.4, 0.5) is 4.39 Å². The zero-order chi connectivity index (χ0) is 14.8. The van der Waals surface area contributed by atoms with Crippen LogP contribution in [0.15, 0.2) is 42.7 Å². The molecule has 0 atom stereocenters. The van der Waals surface area contributed by atoms with Crippen molar-refractivity contribution in [3.05, 3.63) is 65.2 Å². The Balaban J connectivity index is 1.87. The van der Waals surface area contributed by atoms with Gasteiger partial charge in [0.05, 0.1) is 5.56 Å². The largest absolute Gasteiger partial charge is 0.331 e. The Morgan fingerprint density at radius 1 is 1.29 bits per heavy atom. The number of pyridine rings is 1. The molecule has 2 aromatic rings. The standard InChI is InChI=1S/C17H17FN2O/c1-12-3-2-4-15(16(12)18)17(21)20(14-5-6-14)11-13-7-9-19-10-8-13/h2-4,7-10,14H,5-6,11H2,1H3. The van der Waals surface area contributed by atoms with E-state index in [0.29, 0.717) is 12.1 Å². The monoisotopic (exact) mass is 284 g/mol. The molecule has 4 heteroatoms. The quantitative estimate of drug-likeness (QED) is 0.862. The molecule has 1 heterocycles. The van der Waals surface area contributed by atoms with Gasteiger partial charge in [0.1, 0.15) is 5.82 Å². The second kappa shape index (κ2) is 5.64. The first kappa shape index (κ1) is 13.7. The summed E-state index contributed by atoms with van der Waals surface area (Å²) in [5.74, 6) is -0.640. The lowest BCUT2D eigenvalue weighted by Crippen LogP contribution is -2.33. The molecular formula is C17H17FN2O. The zero-order valence-electron chi connectivity index (χ0n) is 11.9. The minimum Gasteiger partial charge on any atom is -0.331 e. The number of amides is 1. The van der Waals surface area contributed by atoms with Crippen molar-refractivity contribution in [1.82, 2.24) is 9.88 Å². The highest BCUT2D eigenvalue weighted by Crippen LogP contribution is 2.30. The summed E-state index contributed by atoms with van der Waals surface area (Å²) < 4.78 is 14.2. The fourth-order valence-electron chi connectivity index (χ4n) is 2.41. The summed E-state index contributed by atoms with van der Waals surface area (Å²) in [5, 5.41) is 0. The third-order valence-corrected chi connectivity index (χ3v) is 3.77. The van der Waals surface area contributed by atoms with E-state index in [-0.39, 0.29) is 17.5 Å². The number of aryl methyl sites for hydroxylation is 1. The molecule has 0 spiro atoms. The van der Waals surface area contributed by atoms with E-state index in [0.717, 1.165) is 18.4 Å². The van der Waals surface area contributed by atoms with Gasteiger partial charge in [-0.2, -0.15) is 0 Å². The molecule has 21 heavy (non-hydrogen) atoms. The number of nitrogens with zero attached hydrogens (tertiary/aromatic N) is 2. The second-order valence-corrected chi connectivity index (χ2v) is 5.46. The minimum atomic E-state index is -0.414. The van der Waals surface area contributed by atoms with Crippen LogP contribution in [0, 0.1) is 12.7 Å². The normalized spacial score (nSPS) is 14.0. The predicted octanol–water partition coefficient (Wildman–Crippen LogP) is 3.33. The fourth-order valence-corrected chi connectivity index (χ4v) is 2.41. The van der Waals surface area contributed by atoms with Crippen molar-refractivity contribution in [2.24, 2.45) is 0 Å². The van der Waals surface area contributed by atoms with Gasteiger partial charge in [-0.25, -0.2) is 4.39 Å². The maximum atomic E-state index is 14.2. The number of carbonyl (C=O) groups is 1. The molecular weight excluding hydrogens is 267 g/mol. The van der Waals surface area contributed by atoms with Crippen molar-refractivity contribution in [3.63, 3.8) is 0 Å². The SMILES string of the molecule is Cc1cccc(C(=O)N(Cc2ccncc2)C2CC2)c1F. The summed E-state index contributed by atoms with van der Waals surface area (Å²) in [7, 11) is 0. The number of halogens is 1. The third-order valence-electron chi connectivity index (χ3n) is 3.77. The smallest absolute Gasteiger partial charge is 0.257 e. The number of rotatable bonds is 4. The summed E-state index contributed by atoms with van der Waals surface area (Å²) >= 11 is 0. The van der Waals surface area contributed by atoms with Crippen LogP contribution in [-0.2, 0) is 6.54 Å². The fraction of sp³-hybridized carbons (Fsp3) is 0.294. The molecule has 3 rings (SSSR count). The number of hydrogen-bond acceptors (Lipinski definition) is 2. The highest BCUT2D eigenvalue weighted by molar-refractivity contribution is 5.95. The van der Waals surface area contributed by atoms with E-state index in [1.807, 2.05) is 12.1 Å². The maximum Gasteiger partial charge on any atom is 0.257 e. The summed E-state index contributed by atoms with van der Waals surface area (Å²) in [6, 6.07) is 8.96. The number of hydrogen-bond donors (Lipinski definition) is 0. The van der Waals surface area contributed by atoms with Crippen molar-refractivity contribution in [2.75, 3.05) is 0 Å². The zero-order valence-corrected chi connectivity index (χ0v) is 11.9. The summed E-state index contributed by atoms with van der Waals surface area (Å²) in [6.07, 6.45) is 5.39. The van der Waals surface area contributed by atoms with E-state index >= 15 is 0 Å². The van der Waals surface area contributed by atoms with E-state index in [9.17, 15) is 9.18 Å². The van der Waals surface area contributed by atoms with Gasteiger partial charge in [-0.05, 0) is 49.1 Å². The molecule has 0 bridgehead atoms. The molecule has 0 N–H and O–H groups in total. The van der Waals surface area contributed by atoms with Crippen LogP contribution in [0.3, 0.4) is 0 Å². The molecule has 0 saturated heterocycles. The number of carbonyl (C=O) groups excluding carboxylic acids is 1. The van der Waals surface area contributed by atoms with Crippen LogP contribution < -0.4 is 0 Å². The highest BCUT2D eigenvalue weighted by atomic mass is 19.1. The van der Waals surface area contributed by atoms with Crippen molar-refractivity contribution in [1.29, 1.82) is 0 Å². The number of aromatic nitrogens is 1. The first-order chi connectivity index (χ1) is 10.2. The molecule has 1 aliphatic carbocycles. The Labute approximate surface area is 123 Å². The van der Waals surface area contributed by atoms with Crippen LogP contribution in [0.25, 0.3) is 0 Å². The van der Waals surface area contributed by atoms with Crippen molar-refractivity contribution >= 4 is 5.91 Å². The van der Waals surface area contributed by atoms with Crippen molar-refractivity contribution in [3.8, 4) is 0 Å². The van der Waals surface area contributed by atoms with E-state index in [1.54, 1.807) is 42.4 Å². The van der Waals surface area contributed by atoms with Crippen LogP contribution in [0.2, 0.25) is 0 Å². The molecule has 0 aliphatic heterocycles. The molecule has 1 fully saturated rings. The number of benzene rings is 1. The van der Waals surface area contributed by atoms with Gasteiger partial charge in [0, 0.05) is 25.0 Å². The average molecular weight is 284 g/mol. The lowest BCUT2D eigenvalue weighted by molar-refractivity contribution is 0.0725. The van der Waals surface area contributed by atoms with Crippen LogP contribution in [0.1, 0.15) is 34.3 Å². The molecule has 1 aromatic carbocycles. The van der Waals surface area contributed by atoms with Gasteiger partial charge in [-0.1, -0.05) is 12.1 Å². The van der Waals surface area contributed by atoms with Gasteiger partial charge in [-0.3, -0.25) is 9.78 Å². The van der Waals surface area contributed by atoms with Crippen molar-refractivity contribution < 1.29 is 9.18 Å². The average Bonchev–Trinajstić information content (AvgIpc) is 3.33. The molecule has 0 radical (unpaired) electrons. The maximum absolute atomic E-state index is 14.2. The molecule has 1 saturated carbocycles. The van der Waals surface area contributed by atoms with E-state index < -0.39 is 5.82 Å². The van der Waals surface area contributed by atoms with Gasteiger partial charge in [0.15, 0.2) is 0 Å². The highest BCUT2D eigenvalue weighted by Gasteiger charge is 2.34. The Kier molecular flexibility index (Phi) is 3.69. The Morgan fingerprint density at radius 2 is 2.00 bits per heavy atom. The Morgan fingerprint density at radius 3 is 2.67 bits per heavy atom. The van der Waals surface area contributed by atoms with Gasteiger partial charge in [-0.15, -0.1) is 0 Å². The van der Waals surface area contributed by atoms with E-state index in [4.69, 9.17) is 0 Å². The minimum absolute atomic E-state index is 0.163. The summed E-state index contributed by atoms with van der Waals surface area (Å²) in [5.41, 5.74) is 1.68. The van der Waals surface area contributed by atoms with Gasteiger partial charge >= 0.3 is 0 Å². The second-order valence-electron chi connectivity index (χ2n) is 5.46. The van der Waals surface area contributed by atoms with E-state index in [1.165, 1.54) is 0 Å². The topological polar surface area (TPSA) is 33.2 Å². The summed E-state index contributed by atoms with van der Waals surface area (Å²) in [4.78, 5) is 18.4. The van der Waals surface area contributed by atoms with Crippen LogP contribution in [-0.4, -0.2) is 21.8 Å². The van der Waals surface area contributed by atoms with Crippen molar-refractivity contribution in [2.45, 2.75) is 32.4 Å². The van der Waals surface area contributed by atoms with Crippen LogP contribution >= 0.6 is 0 Å². The molecule has 1 amide bonds. The lowest BCUT2D eigenvalue weighted by atomic mass is 10.1. The molecule has 3 nitrogen and oxygen atoms in total. The first-order valence-electron chi connectivity index (χ1n) is 7.12. The molecule has 1 aromatic heterocycles. The first-order valence-corrected chi connectivity index (χ1v) is 7.12. The Bertz CT molecular complexity index is 653. The van der Waals surface area contributed by atoms with Gasteiger partial charge in [0.25, 0.3) is 5.91 Å². The third kappa shape index (κ3) is 2.94. The predicted molar refractivity (Wildman–Crippen MR) is 78.3 cm³/mol. The molecule has 0 unspecified atom stereocenters. The van der Waals surface area contributed by atoms with Crippen LogP contribution in [0.5, 0.6) is 0 Å². The Hall–Kier alpha value is -2.23. The van der Waals surface area contributed by atoms with Gasteiger partial charge in [0.2, 0.25) is 0 Å².